The molecular weight excluding hydrogens is 320 g/mol. The maximum atomic E-state index is 12.6. The topological polar surface area (TPSA) is 111 Å². The maximum absolute atomic E-state index is 12.6. The van der Waals surface area contributed by atoms with Crippen molar-refractivity contribution in [1.82, 2.24) is 18.8 Å². The molecule has 23 heavy (non-hydrogen) atoms. The number of nitrogens with zero attached hydrogens (tertiary/aromatic N) is 5. The molecular formula is C13H20N6O3S. The Morgan fingerprint density at radius 3 is 2.91 bits per heavy atom. The van der Waals surface area contributed by atoms with Crippen molar-refractivity contribution in [2.75, 3.05) is 25.0 Å². The summed E-state index contributed by atoms with van der Waals surface area (Å²) < 4.78 is 29.5. The minimum absolute atomic E-state index is 0.0815. The van der Waals surface area contributed by atoms with Crippen molar-refractivity contribution in [2.24, 2.45) is 7.05 Å². The van der Waals surface area contributed by atoms with Gasteiger partial charge in [-0.1, -0.05) is 0 Å². The van der Waals surface area contributed by atoms with E-state index in [4.69, 9.17) is 5.26 Å². The first-order valence-corrected chi connectivity index (χ1v) is 8.70. The largest absolute Gasteiger partial charge is 0.296 e. The van der Waals surface area contributed by atoms with E-state index in [0.29, 0.717) is 25.2 Å². The van der Waals surface area contributed by atoms with Crippen molar-refractivity contribution in [3.63, 3.8) is 0 Å². The molecule has 1 N–H and O–H groups in total. The van der Waals surface area contributed by atoms with Gasteiger partial charge in [-0.05, 0) is 12.8 Å². The fourth-order valence-corrected chi connectivity index (χ4v) is 3.53. The summed E-state index contributed by atoms with van der Waals surface area (Å²) in [6.07, 6.45) is 2.81. The highest BCUT2D eigenvalue weighted by Gasteiger charge is 2.34. The molecule has 0 spiro atoms. The Hall–Kier alpha value is -1.96. The summed E-state index contributed by atoms with van der Waals surface area (Å²) in [7, 11) is -0.696. The normalized spacial score (nSPS) is 19.1. The fraction of sp³-hybridized carbons (Fsp3) is 0.615. The van der Waals surface area contributed by atoms with Crippen molar-refractivity contribution in [1.29, 1.82) is 5.26 Å². The van der Waals surface area contributed by atoms with E-state index >= 15 is 0 Å². The number of rotatable bonds is 6. The quantitative estimate of drug-likeness (QED) is 0.757. The summed E-state index contributed by atoms with van der Waals surface area (Å²) in [6.45, 7) is 0.610. The van der Waals surface area contributed by atoms with Gasteiger partial charge in [0.25, 0.3) is 10.2 Å². The van der Waals surface area contributed by atoms with Gasteiger partial charge in [0.05, 0.1) is 12.3 Å². The Kier molecular flexibility index (Phi) is 5.35. The number of carbonyl (C=O) groups excluding carboxylic acids is 1. The van der Waals surface area contributed by atoms with Crippen molar-refractivity contribution in [3.05, 3.63) is 12.3 Å². The zero-order valence-electron chi connectivity index (χ0n) is 13.1. The molecule has 1 fully saturated rings. The van der Waals surface area contributed by atoms with E-state index in [0.717, 1.165) is 4.31 Å². The summed E-state index contributed by atoms with van der Waals surface area (Å²) in [5.41, 5.74) is 0. The minimum Gasteiger partial charge on any atom is -0.296 e. The second-order valence-electron chi connectivity index (χ2n) is 5.35. The van der Waals surface area contributed by atoms with Gasteiger partial charge in [0, 0.05) is 39.7 Å². The first-order chi connectivity index (χ1) is 10.9. The Morgan fingerprint density at radius 2 is 2.30 bits per heavy atom. The van der Waals surface area contributed by atoms with Gasteiger partial charge in [0.15, 0.2) is 0 Å². The lowest BCUT2D eigenvalue weighted by Gasteiger charge is -2.32. The van der Waals surface area contributed by atoms with Crippen LogP contribution in [0.5, 0.6) is 0 Å². The number of carbonyl (C=O) groups is 1. The van der Waals surface area contributed by atoms with E-state index in [1.54, 1.807) is 28.9 Å². The Morgan fingerprint density at radius 1 is 1.57 bits per heavy atom. The van der Waals surface area contributed by atoms with Gasteiger partial charge in [-0.25, -0.2) is 0 Å². The van der Waals surface area contributed by atoms with Crippen molar-refractivity contribution in [2.45, 2.75) is 25.3 Å². The lowest BCUT2D eigenvalue weighted by atomic mass is 10.1. The molecule has 1 aliphatic rings. The second kappa shape index (κ2) is 7.08. The Bertz CT molecular complexity index is 708. The van der Waals surface area contributed by atoms with Gasteiger partial charge < -0.3 is 0 Å². The molecule has 1 unspecified atom stereocenters. The van der Waals surface area contributed by atoms with E-state index in [9.17, 15) is 13.2 Å². The fourth-order valence-electron chi connectivity index (χ4n) is 2.44. The molecule has 1 aliphatic heterocycles. The molecule has 2 rings (SSSR count). The number of hydrogen-bond acceptors (Lipinski definition) is 5. The van der Waals surface area contributed by atoms with Gasteiger partial charge in [-0.15, -0.1) is 0 Å². The molecule has 1 saturated heterocycles. The highest BCUT2D eigenvalue weighted by Crippen LogP contribution is 2.20. The van der Waals surface area contributed by atoms with Crippen molar-refractivity contribution < 1.29 is 13.2 Å². The van der Waals surface area contributed by atoms with Crippen LogP contribution in [-0.4, -0.2) is 54.6 Å². The predicted molar refractivity (Wildman–Crippen MR) is 83.5 cm³/mol. The number of hydrogen-bond donors (Lipinski definition) is 1. The van der Waals surface area contributed by atoms with Gasteiger partial charge in [-0.2, -0.15) is 27.8 Å². The number of aryl methyl sites for hydroxylation is 1. The zero-order chi connectivity index (χ0) is 17.0. The number of nitrogens with one attached hydrogen (secondary N) is 1. The Balaban J connectivity index is 2.10. The van der Waals surface area contributed by atoms with Crippen LogP contribution in [0.3, 0.4) is 0 Å². The summed E-state index contributed by atoms with van der Waals surface area (Å²) in [4.78, 5) is 14.1. The third-order valence-electron chi connectivity index (χ3n) is 3.75. The third kappa shape index (κ3) is 3.87. The van der Waals surface area contributed by atoms with Gasteiger partial charge in [-0.3, -0.25) is 14.4 Å². The lowest BCUT2D eigenvalue weighted by Crippen LogP contribution is -2.55. The molecule has 9 nitrogen and oxygen atoms in total. The highest BCUT2D eigenvalue weighted by molar-refractivity contribution is 7.87. The SMILES string of the molecule is CN(CCC#N)S(=O)(=O)NC1CCCN(c2ccnn2C)C1=O. The maximum Gasteiger partial charge on any atom is 0.279 e. The molecule has 1 amide bonds. The predicted octanol–water partition coefficient (Wildman–Crippen LogP) is -0.405. The molecule has 2 heterocycles. The molecule has 0 bridgehead atoms. The Labute approximate surface area is 135 Å². The molecule has 126 valence electrons. The van der Waals surface area contributed by atoms with Crippen LogP contribution in [0.2, 0.25) is 0 Å². The highest BCUT2D eigenvalue weighted by atomic mass is 32.2. The molecule has 0 radical (unpaired) electrons. The van der Waals surface area contributed by atoms with Crippen LogP contribution >= 0.6 is 0 Å². The molecule has 0 saturated carbocycles. The molecule has 1 aromatic rings. The molecule has 1 atom stereocenters. The van der Waals surface area contributed by atoms with E-state index in [1.807, 2.05) is 6.07 Å². The summed E-state index contributed by atoms with van der Waals surface area (Å²) >= 11 is 0. The van der Waals surface area contributed by atoms with Gasteiger partial charge in [0.2, 0.25) is 5.91 Å². The smallest absolute Gasteiger partial charge is 0.279 e. The summed E-state index contributed by atoms with van der Waals surface area (Å²) in [6, 6.07) is 2.80. The standard InChI is InChI=1S/C13H20N6O3S/c1-17(9-4-7-14)23(21,22)16-11-5-3-10-19(13(11)20)12-6-8-15-18(12)2/h6,8,11,16H,3-5,9-10H2,1-2H3. The third-order valence-corrected chi connectivity index (χ3v) is 5.34. The van der Waals surface area contributed by atoms with Crippen molar-refractivity contribution >= 4 is 21.9 Å². The molecule has 0 aliphatic carbocycles. The molecule has 10 heteroatoms. The first kappa shape index (κ1) is 17.4. The van der Waals surface area contributed by atoms with Crippen LogP contribution in [0.4, 0.5) is 5.82 Å². The number of aromatic nitrogens is 2. The van der Waals surface area contributed by atoms with E-state index in [2.05, 4.69) is 9.82 Å². The van der Waals surface area contributed by atoms with E-state index in [1.165, 1.54) is 7.05 Å². The molecule has 0 aromatic carbocycles. The lowest BCUT2D eigenvalue weighted by molar-refractivity contribution is -0.121. The molecule has 1 aromatic heterocycles. The average molecular weight is 340 g/mol. The van der Waals surface area contributed by atoms with Gasteiger partial charge >= 0.3 is 0 Å². The number of piperidine rings is 1. The van der Waals surface area contributed by atoms with Crippen LogP contribution < -0.4 is 9.62 Å². The van der Waals surface area contributed by atoms with Gasteiger partial charge in [0.1, 0.15) is 11.9 Å². The second-order valence-corrected chi connectivity index (χ2v) is 7.16. The zero-order valence-corrected chi connectivity index (χ0v) is 14.0. The number of nitriles is 1. The monoisotopic (exact) mass is 340 g/mol. The van der Waals surface area contributed by atoms with E-state index < -0.39 is 16.3 Å². The average Bonchev–Trinajstić information content (AvgIpc) is 2.92. The van der Waals surface area contributed by atoms with Crippen LogP contribution in [0.25, 0.3) is 0 Å². The van der Waals surface area contributed by atoms with Crippen LogP contribution in [0, 0.1) is 11.3 Å². The number of anilines is 1. The number of amides is 1. The summed E-state index contributed by atoms with van der Waals surface area (Å²) in [5.74, 6) is 0.342. The summed E-state index contributed by atoms with van der Waals surface area (Å²) in [5, 5.41) is 12.6. The van der Waals surface area contributed by atoms with Crippen LogP contribution in [0.15, 0.2) is 12.3 Å². The van der Waals surface area contributed by atoms with Crippen molar-refractivity contribution in [3.8, 4) is 6.07 Å². The minimum atomic E-state index is -3.81. The van der Waals surface area contributed by atoms with E-state index in [-0.39, 0.29) is 18.9 Å². The first-order valence-electron chi connectivity index (χ1n) is 7.26. The van der Waals surface area contributed by atoms with Crippen LogP contribution in [-0.2, 0) is 22.1 Å². The van der Waals surface area contributed by atoms with Crippen LogP contribution in [0.1, 0.15) is 19.3 Å².